The zero-order valence-electron chi connectivity index (χ0n) is 23.8. The summed E-state index contributed by atoms with van der Waals surface area (Å²) in [5, 5.41) is 0. The van der Waals surface area contributed by atoms with Gasteiger partial charge in [0.15, 0.2) is 28.3 Å². The van der Waals surface area contributed by atoms with E-state index in [0.717, 1.165) is 28.8 Å². The maximum atomic E-state index is 14.2. The third kappa shape index (κ3) is 6.29. The number of benzene rings is 1. The second-order valence-corrected chi connectivity index (χ2v) is 14.2. The number of hydrogen-bond acceptors (Lipinski definition) is 11. The molecule has 0 aliphatic carbocycles. The number of thiophene rings is 1. The summed E-state index contributed by atoms with van der Waals surface area (Å²) in [6.07, 6.45) is 8.75. The van der Waals surface area contributed by atoms with Gasteiger partial charge in [-0.15, -0.1) is 11.3 Å². The van der Waals surface area contributed by atoms with Crippen LogP contribution in [0.4, 0.5) is 0 Å². The zero-order chi connectivity index (χ0) is 30.6. The van der Waals surface area contributed by atoms with Crippen molar-refractivity contribution in [2.24, 2.45) is 0 Å². The molecule has 0 spiro atoms. The van der Waals surface area contributed by atoms with Gasteiger partial charge in [-0.25, -0.2) is 28.7 Å². The van der Waals surface area contributed by atoms with Gasteiger partial charge in [0.1, 0.15) is 10.4 Å². The summed E-state index contributed by atoms with van der Waals surface area (Å²) in [7, 11) is -3.95. The van der Waals surface area contributed by atoms with E-state index >= 15 is 0 Å². The fourth-order valence-electron chi connectivity index (χ4n) is 5.47. The quantitative estimate of drug-likeness (QED) is 0.281. The maximum absolute atomic E-state index is 14.2. The number of oxazole rings is 1. The summed E-state index contributed by atoms with van der Waals surface area (Å²) in [6, 6.07) is 11.3. The minimum absolute atomic E-state index is 0.0130. The van der Waals surface area contributed by atoms with Crippen molar-refractivity contribution in [1.82, 2.24) is 25.3 Å². The molecule has 1 unspecified atom stereocenters. The lowest BCUT2D eigenvalue weighted by molar-refractivity contribution is -0.200. The number of aromatic nitrogens is 3. The van der Waals surface area contributed by atoms with Gasteiger partial charge in [-0.2, -0.15) is 0 Å². The number of nitrogens with one attached hydrogen (secondary N) is 1. The van der Waals surface area contributed by atoms with Gasteiger partial charge in [0, 0.05) is 53.8 Å². The van der Waals surface area contributed by atoms with Crippen LogP contribution in [0, 0.1) is 0 Å². The van der Waals surface area contributed by atoms with Gasteiger partial charge in [0.25, 0.3) is 5.91 Å². The predicted molar refractivity (Wildman–Crippen MR) is 161 cm³/mol. The van der Waals surface area contributed by atoms with Crippen molar-refractivity contribution in [3.63, 3.8) is 0 Å². The topological polar surface area (TPSA) is 154 Å². The molecule has 3 aromatic heterocycles. The lowest BCUT2D eigenvalue weighted by atomic mass is 9.97. The van der Waals surface area contributed by atoms with E-state index in [2.05, 4.69) is 20.4 Å². The Morgan fingerprint density at radius 1 is 1.05 bits per heavy atom. The molecule has 2 saturated heterocycles. The monoisotopic (exact) mass is 637 g/mol. The third-order valence-electron chi connectivity index (χ3n) is 7.91. The van der Waals surface area contributed by atoms with E-state index in [0.29, 0.717) is 23.7 Å². The summed E-state index contributed by atoms with van der Waals surface area (Å²) in [5.74, 6) is -0.676. The van der Waals surface area contributed by atoms with Gasteiger partial charge in [0.05, 0.1) is 24.6 Å². The van der Waals surface area contributed by atoms with E-state index in [9.17, 15) is 18.0 Å². The second kappa shape index (κ2) is 12.9. The first-order valence-corrected chi connectivity index (χ1v) is 16.7. The van der Waals surface area contributed by atoms with E-state index in [1.165, 1.54) is 41.2 Å². The number of rotatable bonds is 8. The lowest BCUT2D eigenvalue weighted by Gasteiger charge is -2.31. The Bertz CT molecular complexity index is 1690. The lowest BCUT2D eigenvalue weighted by Crippen LogP contribution is -2.43. The average molecular weight is 638 g/mol. The van der Waals surface area contributed by atoms with E-state index in [4.69, 9.17) is 14.0 Å². The number of amides is 2. The highest BCUT2D eigenvalue weighted by Crippen LogP contribution is 2.45. The SMILES string of the molecule is O=C(C[C@]1(c2ccc(-c3ccc(-c4cnco4)cc3)s2)CCN(C(=O)c2cnccn2)CCS1(=O)=O)NOC1CCCCO1. The zero-order valence-corrected chi connectivity index (χ0v) is 25.4. The normalized spacial score (nSPS) is 21.8. The van der Waals surface area contributed by atoms with Crippen LogP contribution in [0.25, 0.3) is 21.8 Å². The number of nitrogens with zero attached hydrogens (tertiary/aromatic N) is 4. The highest BCUT2D eigenvalue weighted by atomic mass is 32.2. The van der Waals surface area contributed by atoms with Crippen LogP contribution in [0.1, 0.15) is 47.5 Å². The van der Waals surface area contributed by atoms with Gasteiger partial charge >= 0.3 is 0 Å². The van der Waals surface area contributed by atoms with E-state index in [1.54, 1.807) is 12.3 Å². The molecule has 14 heteroatoms. The van der Waals surface area contributed by atoms with Gasteiger partial charge in [-0.1, -0.05) is 24.3 Å². The largest absolute Gasteiger partial charge is 0.444 e. The molecule has 2 fully saturated rings. The third-order valence-corrected chi connectivity index (χ3v) is 11.9. The molecular weight excluding hydrogens is 606 g/mol. The first-order chi connectivity index (χ1) is 21.3. The second-order valence-electron chi connectivity index (χ2n) is 10.7. The summed E-state index contributed by atoms with van der Waals surface area (Å²) < 4.78 is 37.7. The molecule has 1 N–H and O–H groups in total. The van der Waals surface area contributed by atoms with Crippen molar-refractivity contribution in [2.75, 3.05) is 25.4 Å². The average Bonchev–Trinajstić information content (AvgIpc) is 3.75. The van der Waals surface area contributed by atoms with Crippen LogP contribution in [0.5, 0.6) is 0 Å². The van der Waals surface area contributed by atoms with E-state index in [-0.39, 0.29) is 37.4 Å². The van der Waals surface area contributed by atoms with Gasteiger partial charge in [-0.05, 0) is 37.0 Å². The fourth-order valence-corrected chi connectivity index (χ4v) is 9.08. The molecule has 2 atom stereocenters. The summed E-state index contributed by atoms with van der Waals surface area (Å²) in [4.78, 5) is 46.9. The molecule has 5 heterocycles. The minimum Gasteiger partial charge on any atom is -0.444 e. The highest BCUT2D eigenvalue weighted by molar-refractivity contribution is 7.92. The maximum Gasteiger partial charge on any atom is 0.274 e. The fraction of sp³-hybridized carbons (Fsp3) is 0.367. The van der Waals surface area contributed by atoms with Gasteiger partial charge in [0.2, 0.25) is 5.91 Å². The predicted octanol–water partition coefficient (Wildman–Crippen LogP) is 3.98. The Kier molecular flexibility index (Phi) is 8.84. The molecule has 0 saturated carbocycles. The van der Waals surface area contributed by atoms with Crippen LogP contribution in [-0.2, 0) is 29.0 Å². The van der Waals surface area contributed by atoms with Gasteiger partial charge < -0.3 is 14.1 Å². The Morgan fingerprint density at radius 2 is 1.89 bits per heavy atom. The van der Waals surface area contributed by atoms with Crippen LogP contribution in [-0.4, -0.2) is 71.8 Å². The summed E-state index contributed by atoms with van der Waals surface area (Å²) in [6.45, 7) is 0.605. The van der Waals surface area contributed by atoms with Crippen molar-refractivity contribution < 1.29 is 32.0 Å². The molecule has 2 aliphatic rings. The van der Waals surface area contributed by atoms with Crippen LogP contribution in [0.3, 0.4) is 0 Å². The Labute approximate surface area is 258 Å². The van der Waals surface area contributed by atoms with Crippen molar-refractivity contribution in [1.29, 1.82) is 0 Å². The first kappa shape index (κ1) is 30.1. The number of carbonyl (C=O) groups excluding carboxylic acids is 2. The van der Waals surface area contributed by atoms with Crippen molar-refractivity contribution in [3.8, 4) is 21.8 Å². The van der Waals surface area contributed by atoms with Gasteiger partial charge in [-0.3, -0.25) is 14.6 Å². The van der Waals surface area contributed by atoms with Crippen LogP contribution >= 0.6 is 11.3 Å². The molecule has 44 heavy (non-hydrogen) atoms. The smallest absolute Gasteiger partial charge is 0.274 e. The number of ether oxygens (including phenoxy) is 1. The molecule has 6 rings (SSSR count). The van der Waals surface area contributed by atoms with Crippen LogP contribution in [0.2, 0.25) is 0 Å². The highest BCUT2D eigenvalue weighted by Gasteiger charge is 2.50. The number of hydrogen-bond donors (Lipinski definition) is 1. The molecule has 1 aromatic carbocycles. The Hall–Kier alpha value is -3.98. The van der Waals surface area contributed by atoms with Crippen LogP contribution in [0.15, 0.2) is 72.0 Å². The number of sulfone groups is 1. The Morgan fingerprint density at radius 3 is 2.61 bits per heavy atom. The van der Waals surface area contributed by atoms with E-state index in [1.807, 2.05) is 30.3 Å². The van der Waals surface area contributed by atoms with Crippen molar-refractivity contribution in [3.05, 3.63) is 78.2 Å². The molecule has 12 nitrogen and oxygen atoms in total. The molecule has 0 bridgehead atoms. The van der Waals surface area contributed by atoms with Crippen molar-refractivity contribution >= 4 is 33.0 Å². The molecule has 2 aliphatic heterocycles. The standard InChI is InChI=1S/C30H31N5O7S2/c36-27(34-42-28-3-1-2-15-40-28)17-30(10-13-35(14-16-44(30,38)39)29(37)23-18-31-11-12-33-23)26-9-8-25(43-26)22-6-4-21(5-7-22)24-19-32-20-41-24/h4-9,11-12,18-20,28H,1-3,10,13-17H2,(H,34,36)/t28?,30-/m0/s1. The Balaban J connectivity index is 1.29. The number of carbonyl (C=O) groups is 2. The van der Waals surface area contributed by atoms with E-state index < -0.39 is 32.7 Å². The van der Waals surface area contributed by atoms with Crippen LogP contribution < -0.4 is 5.48 Å². The molecule has 0 radical (unpaired) electrons. The summed E-state index contributed by atoms with van der Waals surface area (Å²) >= 11 is 1.31. The first-order valence-electron chi connectivity index (χ1n) is 14.3. The molecular formula is C30H31N5O7S2. The molecule has 2 amide bonds. The molecule has 230 valence electrons. The number of hydroxylamine groups is 1. The van der Waals surface area contributed by atoms with Crippen molar-refractivity contribution in [2.45, 2.75) is 43.1 Å². The molecule has 4 aromatic rings. The minimum atomic E-state index is -3.95. The summed E-state index contributed by atoms with van der Waals surface area (Å²) in [5.41, 5.74) is 4.30.